The van der Waals surface area contributed by atoms with E-state index in [9.17, 15) is 5.11 Å². The number of nitrogens with zero attached hydrogens (tertiary/aromatic N) is 1. The molecule has 0 radical (unpaired) electrons. The van der Waals surface area contributed by atoms with E-state index in [1.54, 1.807) is 18.5 Å². The molecule has 0 spiro atoms. The predicted molar refractivity (Wildman–Crippen MR) is 81.4 cm³/mol. The second-order valence-electron chi connectivity index (χ2n) is 4.48. The maximum Gasteiger partial charge on any atom is 0.0829 e. The SMILES string of the molecule is CC(CO)(Nc1ccc(Cl)c(Br)c1)c1ccncc1. The smallest absolute Gasteiger partial charge is 0.0829 e. The topological polar surface area (TPSA) is 45.1 Å². The first-order valence-electron chi connectivity index (χ1n) is 5.80. The Hall–Kier alpha value is -1.10. The largest absolute Gasteiger partial charge is 0.394 e. The number of hydrogen-bond donors (Lipinski definition) is 2. The van der Waals surface area contributed by atoms with Gasteiger partial charge in [0.05, 0.1) is 17.2 Å². The van der Waals surface area contributed by atoms with Gasteiger partial charge in [-0.2, -0.15) is 0 Å². The van der Waals surface area contributed by atoms with Crippen LogP contribution in [0.4, 0.5) is 5.69 Å². The third kappa shape index (κ3) is 3.26. The molecular weight excluding hydrogens is 328 g/mol. The van der Waals surface area contributed by atoms with Gasteiger partial charge >= 0.3 is 0 Å². The second kappa shape index (κ2) is 5.90. The Morgan fingerprint density at radius 2 is 2.00 bits per heavy atom. The standard InChI is InChI=1S/C14H14BrClN2O/c1-14(9-19,10-4-6-17-7-5-10)18-11-2-3-13(16)12(15)8-11/h2-8,18-19H,9H2,1H3. The highest BCUT2D eigenvalue weighted by Crippen LogP contribution is 2.30. The van der Waals surface area contributed by atoms with E-state index in [-0.39, 0.29) is 6.61 Å². The Morgan fingerprint density at radius 1 is 1.32 bits per heavy atom. The Morgan fingerprint density at radius 3 is 2.58 bits per heavy atom. The van der Waals surface area contributed by atoms with Gasteiger partial charge in [0.1, 0.15) is 0 Å². The molecule has 0 amide bonds. The molecule has 0 saturated carbocycles. The summed E-state index contributed by atoms with van der Waals surface area (Å²) in [5.74, 6) is 0. The number of pyridine rings is 1. The van der Waals surface area contributed by atoms with Gasteiger partial charge in [-0.1, -0.05) is 11.6 Å². The number of rotatable bonds is 4. The fourth-order valence-electron chi connectivity index (χ4n) is 1.82. The molecule has 0 aliphatic heterocycles. The molecular formula is C14H14BrClN2O. The van der Waals surface area contributed by atoms with Crippen molar-refractivity contribution in [2.45, 2.75) is 12.5 Å². The van der Waals surface area contributed by atoms with Crippen LogP contribution in [0.3, 0.4) is 0 Å². The van der Waals surface area contributed by atoms with Crippen LogP contribution in [0.25, 0.3) is 0 Å². The average Bonchev–Trinajstić information content (AvgIpc) is 2.44. The first-order valence-corrected chi connectivity index (χ1v) is 6.97. The van der Waals surface area contributed by atoms with Crippen molar-refractivity contribution in [2.75, 3.05) is 11.9 Å². The van der Waals surface area contributed by atoms with Gasteiger partial charge in [-0.25, -0.2) is 0 Å². The maximum absolute atomic E-state index is 9.70. The molecule has 100 valence electrons. The molecule has 0 aliphatic carbocycles. The van der Waals surface area contributed by atoms with Crippen molar-refractivity contribution in [1.29, 1.82) is 0 Å². The molecule has 5 heteroatoms. The lowest BCUT2D eigenvalue weighted by atomic mass is 9.93. The van der Waals surface area contributed by atoms with Crippen LogP contribution < -0.4 is 5.32 Å². The monoisotopic (exact) mass is 340 g/mol. The maximum atomic E-state index is 9.70. The summed E-state index contributed by atoms with van der Waals surface area (Å²) in [4.78, 5) is 3.99. The molecule has 2 aromatic rings. The van der Waals surface area contributed by atoms with Gasteiger partial charge in [0.2, 0.25) is 0 Å². The van der Waals surface area contributed by atoms with Crippen molar-refractivity contribution >= 4 is 33.2 Å². The second-order valence-corrected chi connectivity index (χ2v) is 5.74. The van der Waals surface area contributed by atoms with Crippen LogP contribution >= 0.6 is 27.5 Å². The van der Waals surface area contributed by atoms with E-state index in [0.29, 0.717) is 5.02 Å². The van der Waals surface area contributed by atoms with Gasteiger partial charge < -0.3 is 10.4 Å². The van der Waals surface area contributed by atoms with E-state index in [0.717, 1.165) is 15.7 Å². The zero-order valence-electron chi connectivity index (χ0n) is 10.4. The van der Waals surface area contributed by atoms with Crippen molar-refractivity contribution in [3.05, 3.63) is 57.8 Å². The average molecular weight is 342 g/mol. The summed E-state index contributed by atoms with van der Waals surface area (Å²) in [5, 5.41) is 13.7. The highest BCUT2D eigenvalue weighted by molar-refractivity contribution is 9.10. The quantitative estimate of drug-likeness (QED) is 0.888. The summed E-state index contributed by atoms with van der Waals surface area (Å²) in [7, 11) is 0. The predicted octanol–water partition coefficient (Wildman–Crippen LogP) is 3.82. The normalized spacial score (nSPS) is 13.9. The summed E-state index contributed by atoms with van der Waals surface area (Å²) in [6.45, 7) is 1.90. The van der Waals surface area contributed by atoms with Crippen molar-refractivity contribution in [3.8, 4) is 0 Å². The van der Waals surface area contributed by atoms with Crippen LogP contribution in [0, 0.1) is 0 Å². The number of hydrogen-bond acceptors (Lipinski definition) is 3. The summed E-state index contributed by atoms with van der Waals surface area (Å²) >= 11 is 9.36. The van der Waals surface area contributed by atoms with Crippen molar-refractivity contribution < 1.29 is 5.11 Å². The molecule has 2 rings (SSSR count). The van der Waals surface area contributed by atoms with E-state index in [4.69, 9.17) is 11.6 Å². The van der Waals surface area contributed by atoms with Crippen LogP contribution in [0.15, 0.2) is 47.2 Å². The van der Waals surface area contributed by atoms with E-state index < -0.39 is 5.54 Å². The number of aliphatic hydroxyl groups is 1. The van der Waals surface area contributed by atoms with Crippen LogP contribution in [-0.4, -0.2) is 16.7 Å². The number of anilines is 1. The highest BCUT2D eigenvalue weighted by Gasteiger charge is 2.25. The van der Waals surface area contributed by atoms with E-state index in [1.165, 1.54) is 0 Å². The molecule has 0 fully saturated rings. The molecule has 0 saturated heterocycles. The molecule has 1 atom stereocenters. The lowest BCUT2D eigenvalue weighted by Gasteiger charge is -2.30. The Balaban J connectivity index is 2.30. The highest BCUT2D eigenvalue weighted by atomic mass is 79.9. The van der Waals surface area contributed by atoms with Crippen LogP contribution in [0.5, 0.6) is 0 Å². The fraction of sp³-hybridized carbons (Fsp3) is 0.214. The third-order valence-electron chi connectivity index (χ3n) is 2.97. The van der Waals surface area contributed by atoms with Crippen molar-refractivity contribution in [2.24, 2.45) is 0 Å². The number of aromatic nitrogens is 1. The number of benzene rings is 1. The molecule has 1 aromatic carbocycles. The zero-order valence-corrected chi connectivity index (χ0v) is 12.7. The van der Waals surface area contributed by atoms with Crippen LogP contribution in [0.2, 0.25) is 5.02 Å². The summed E-state index contributed by atoms with van der Waals surface area (Å²) in [6, 6.07) is 9.33. The molecule has 1 aromatic heterocycles. The molecule has 1 unspecified atom stereocenters. The molecule has 1 heterocycles. The molecule has 0 aliphatic rings. The zero-order chi connectivity index (χ0) is 13.9. The summed E-state index contributed by atoms with van der Waals surface area (Å²) in [6.07, 6.45) is 3.42. The third-order valence-corrected chi connectivity index (χ3v) is 4.19. The van der Waals surface area contributed by atoms with Gasteiger partial charge in [0, 0.05) is 22.6 Å². The molecule has 0 bridgehead atoms. The molecule has 19 heavy (non-hydrogen) atoms. The van der Waals surface area contributed by atoms with E-state index >= 15 is 0 Å². The lowest BCUT2D eigenvalue weighted by Crippen LogP contribution is -2.35. The van der Waals surface area contributed by atoms with Crippen molar-refractivity contribution in [3.63, 3.8) is 0 Å². The fourth-order valence-corrected chi connectivity index (χ4v) is 2.31. The van der Waals surface area contributed by atoms with Gasteiger partial charge in [-0.05, 0) is 58.7 Å². The Labute approximate surface area is 125 Å². The van der Waals surface area contributed by atoms with Gasteiger partial charge in [-0.3, -0.25) is 4.98 Å². The van der Waals surface area contributed by atoms with Gasteiger partial charge in [-0.15, -0.1) is 0 Å². The van der Waals surface area contributed by atoms with Crippen LogP contribution in [-0.2, 0) is 5.54 Å². The number of nitrogens with one attached hydrogen (secondary N) is 1. The van der Waals surface area contributed by atoms with E-state index in [2.05, 4.69) is 26.2 Å². The minimum absolute atomic E-state index is 0.0305. The van der Waals surface area contributed by atoms with Crippen LogP contribution in [0.1, 0.15) is 12.5 Å². The minimum Gasteiger partial charge on any atom is -0.394 e. The number of halogens is 2. The number of aliphatic hydroxyl groups excluding tert-OH is 1. The molecule has 3 nitrogen and oxygen atoms in total. The van der Waals surface area contributed by atoms with Gasteiger partial charge in [0.15, 0.2) is 0 Å². The Kier molecular flexibility index (Phi) is 4.45. The van der Waals surface area contributed by atoms with E-state index in [1.807, 2.05) is 31.2 Å². The first kappa shape index (κ1) is 14.3. The van der Waals surface area contributed by atoms with Crippen molar-refractivity contribution in [1.82, 2.24) is 4.98 Å². The summed E-state index contributed by atoms with van der Waals surface area (Å²) in [5.41, 5.74) is 1.27. The first-order chi connectivity index (χ1) is 9.05. The summed E-state index contributed by atoms with van der Waals surface area (Å²) < 4.78 is 0.814. The van der Waals surface area contributed by atoms with Gasteiger partial charge in [0.25, 0.3) is 0 Å². The Bertz CT molecular complexity index is 565. The lowest BCUT2D eigenvalue weighted by molar-refractivity contribution is 0.224. The minimum atomic E-state index is -0.573. The molecule has 2 N–H and O–H groups in total.